The molecule has 0 bridgehead atoms. The molecular formula is C17H20N2O5S2. The van der Waals surface area contributed by atoms with Gasteiger partial charge in [-0.25, -0.2) is 8.42 Å². The van der Waals surface area contributed by atoms with Crippen molar-refractivity contribution in [1.29, 1.82) is 0 Å². The maximum Gasteiger partial charge on any atom is 0.303 e. The Balaban J connectivity index is 1.74. The number of hydrogen-bond acceptors (Lipinski definition) is 5. The number of aliphatic carboxylic acids is 1. The molecule has 0 saturated carbocycles. The highest BCUT2D eigenvalue weighted by atomic mass is 32.2. The van der Waals surface area contributed by atoms with Crippen molar-refractivity contribution in [3.8, 4) is 0 Å². The number of carboxylic acids is 1. The molecule has 0 aromatic heterocycles. The third kappa shape index (κ3) is 4.64. The Hall–Kier alpha value is -1.87. The van der Waals surface area contributed by atoms with Crippen LogP contribution in [0, 0.1) is 0 Å². The van der Waals surface area contributed by atoms with Crippen molar-refractivity contribution in [3.63, 3.8) is 0 Å². The number of amidine groups is 1. The second kappa shape index (κ2) is 7.79. The summed E-state index contributed by atoms with van der Waals surface area (Å²) in [6, 6.07) is 9.65. The molecule has 1 aromatic rings. The molecule has 2 fully saturated rings. The van der Waals surface area contributed by atoms with Gasteiger partial charge in [-0.1, -0.05) is 42.1 Å². The van der Waals surface area contributed by atoms with Crippen molar-refractivity contribution in [1.82, 2.24) is 4.90 Å². The summed E-state index contributed by atoms with van der Waals surface area (Å²) in [7, 11) is -3.07. The topological polar surface area (TPSA) is 104 Å². The van der Waals surface area contributed by atoms with Crippen LogP contribution in [0.3, 0.4) is 0 Å². The van der Waals surface area contributed by atoms with Crippen LogP contribution in [0.25, 0.3) is 0 Å². The molecule has 26 heavy (non-hydrogen) atoms. The summed E-state index contributed by atoms with van der Waals surface area (Å²) in [6.45, 7) is 0.568. The fourth-order valence-electron chi connectivity index (χ4n) is 3.17. The molecule has 2 aliphatic rings. The van der Waals surface area contributed by atoms with Crippen LogP contribution in [0.5, 0.6) is 0 Å². The lowest BCUT2D eigenvalue weighted by atomic mass is 10.1. The largest absolute Gasteiger partial charge is 0.481 e. The number of thioether (sulfide) groups is 1. The number of amides is 1. The van der Waals surface area contributed by atoms with Crippen LogP contribution < -0.4 is 0 Å². The molecule has 0 aliphatic carbocycles. The number of carboxylic acid groups (broad SMARTS) is 1. The first-order valence-electron chi connectivity index (χ1n) is 8.35. The number of sulfone groups is 1. The van der Waals surface area contributed by atoms with Crippen LogP contribution in [-0.2, 0) is 25.8 Å². The zero-order valence-corrected chi connectivity index (χ0v) is 15.7. The number of carbonyl (C=O) groups is 2. The van der Waals surface area contributed by atoms with Crippen molar-refractivity contribution >= 4 is 38.6 Å². The van der Waals surface area contributed by atoms with Crippen LogP contribution >= 0.6 is 11.8 Å². The van der Waals surface area contributed by atoms with E-state index in [0.29, 0.717) is 18.1 Å². The van der Waals surface area contributed by atoms with Gasteiger partial charge in [-0.3, -0.25) is 9.59 Å². The van der Waals surface area contributed by atoms with Crippen LogP contribution in [0.2, 0.25) is 0 Å². The minimum atomic E-state index is -3.07. The zero-order valence-electron chi connectivity index (χ0n) is 14.1. The Bertz CT molecular complexity index is 823. The summed E-state index contributed by atoms with van der Waals surface area (Å²) >= 11 is 1.32. The third-order valence-corrected chi connectivity index (χ3v) is 7.68. The minimum absolute atomic E-state index is 0.0712. The van der Waals surface area contributed by atoms with Crippen molar-refractivity contribution < 1.29 is 23.1 Å². The van der Waals surface area contributed by atoms with Gasteiger partial charge in [0.15, 0.2) is 15.0 Å². The van der Waals surface area contributed by atoms with E-state index in [9.17, 15) is 18.0 Å². The van der Waals surface area contributed by atoms with Gasteiger partial charge in [-0.05, 0) is 12.0 Å². The van der Waals surface area contributed by atoms with Gasteiger partial charge in [0.1, 0.15) is 0 Å². The van der Waals surface area contributed by atoms with Crippen molar-refractivity contribution in [2.45, 2.75) is 30.6 Å². The van der Waals surface area contributed by atoms with Crippen LogP contribution in [0.15, 0.2) is 35.3 Å². The Morgan fingerprint density at radius 3 is 2.62 bits per heavy atom. The van der Waals surface area contributed by atoms with E-state index < -0.39 is 21.7 Å². The maximum absolute atomic E-state index is 12.0. The van der Waals surface area contributed by atoms with Gasteiger partial charge in [0.2, 0.25) is 5.91 Å². The van der Waals surface area contributed by atoms with E-state index in [4.69, 9.17) is 5.11 Å². The maximum atomic E-state index is 12.0. The average molecular weight is 396 g/mol. The van der Waals surface area contributed by atoms with Crippen LogP contribution in [-0.4, -0.2) is 64.8 Å². The minimum Gasteiger partial charge on any atom is -0.481 e. The molecule has 7 nitrogen and oxygen atoms in total. The molecule has 0 radical (unpaired) electrons. The second-order valence-electron chi connectivity index (χ2n) is 6.41. The number of fused-ring (bicyclic) bond motifs is 1. The van der Waals surface area contributed by atoms with E-state index in [0.717, 1.165) is 5.56 Å². The second-order valence-corrected chi connectivity index (χ2v) is 9.77. The molecular weight excluding hydrogens is 376 g/mol. The van der Waals surface area contributed by atoms with Gasteiger partial charge in [-0.2, -0.15) is 4.99 Å². The van der Waals surface area contributed by atoms with Gasteiger partial charge >= 0.3 is 5.97 Å². The lowest BCUT2D eigenvalue weighted by Gasteiger charge is -2.24. The first-order chi connectivity index (χ1) is 12.3. The number of hydrogen-bond donors (Lipinski definition) is 1. The highest BCUT2D eigenvalue weighted by Crippen LogP contribution is 2.38. The van der Waals surface area contributed by atoms with Crippen LogP contribution in [0.1, 0.15) is 18.4 Å². The fraction of sp³-hybridized carbons (Fsp3) is 0.471. The highest BCUT2D eigenvalue weighted by molar-refractivity contribution is 8.15. The summed E-state index contributed by atoms with van der Waals surface area (Å²) in [4.78, 5) is 28.6. The lowest BCUT2D eigenvalue weighted by molar-refractivity contribution is -0.138. The summed E-state index contributed by atoms with van der Waals surface area (Å²) in [5, 5.41) is 9.08. The van der Waals surface area contributed by atoms with E-state index in [1.54, 1.807) is 0 Å². The highest BCUT2D eigenvalue weighted by Gasteiger charge is 2.48. The van der Waals surface area contributed by atoms with Crippen molar-refractivity contribution in [3.05, 3.63) is 35.9 Å². The summed E-state index contributed by atoms with van der Waals surface area (Å²) in [6.07, 6.45) is 0.304. The number of aliphatic imine (C=N–C) groups is 1. The molecule has 2 heterocycles. The molecule has 0 spiro atoms. The Labute approximate surface area is 156 Å². The van der Waals surface area contributed by atoms with Crippen molar-refractivity contribution in [2.24, 2.45) is 4.99 Å². The van der Waals surface area contributed by atoms with Gasteiger partial charge in [0.25, 0.3) is 0 Å². The molecule has 1 N–H and O–H groups in total. The van der Waals surface area contributed by atoms with E-state index in [1.807, 2.05) is 35.2 Å². The first kappa shape index (κ1) is 18.9. The number of carbonyl (C=O) groups excluding carboxylic acids is 1. The molecule has 3 rings (SSSR count). The molecule has 0 unspecified atom stereocenters. The molecule has 2 aliphatic heterocycles. The van der Waals surface area contributed by atoms with E-state index in [1.165, 1.54) is 11.8 Å². The predicted octanol–water partition coefficient (Wildman–Crippen LogP) is 1.19. The number of nitrogens with zero attached hydrogens (tertiary/aromatic N) is 2. The third-order valence-electron chi connectivity index (χ3n) is 4.43. The molecule has 2 saturated heterocycles. The number of rotatable bonds is 6. The monoisotopic (exact) mass is 396 g/mol. The molecule has 1 amide bonds. The Morgan fingerprint density at radius 1 is 1.19 bits per heavy atom. The summed E-state index contributed by atoms with van der Waals surface area (Å²) < 4.78 is 23.9. The van der Waals surface area contributed by atoms with Gasteiger partial charge in [0, 0.05) is 18.2 Å². The fourth-order valence-corrected chi connectivity index (χ4v) is 7.16. The predicted molar refractivity (Wildman–Crippen MR) is 100.0 cm³/mol. The Kier molecular flexibility index (Phi) is 5.67. The van der Waals surface area contributed by atoms with E-state index in [2.05, 4.69) is 4.99 Å². The SMILES string of the molecule is O=C(O)CCC(=O)N=C1S[C@@H]2CS(=O)(=O)C[C@H]2N1CCc1ccccc1. The summed E-state index contributed by atoms with van der Waals surface area (Å²) in [5.74, 6) is -1.36. The lowest BCUT2D eigenvalue weighted by Crippen LogP contribution is -2.39. The molecule has 140 valence electrons. The average Bonchev–Trinajstić information content (AvgIpc) is 3.03. The Morgan fingerprint density at radius 2 is 1.92 bits per heavy atom. The first-order valence-corrected chi connectivity index (χ1v) is 11.0. The smallest absolute Gasteiger partial charge is 0.303 e. The van der Waals surface area contributed by atoms with Gasteiger partial charge < -0.3 is 10.0 Å². The van der Waals surface area contributed by atoms with E-state index in [-0.39, 0.29) is 35.6 Å². The zero-order chi connectivity index (χ0) is 18.7. The molecule has 9 heteroatoms. The normalized spacial score (nSPS) is 25.4. The molecule has 1 aromatic carbocycles. The molecule has 2 atom stereocenters. The number of benzene rings is 1. The van der Waals surface area contributed by atoms with Crippen molar-refractivity contribution in [2.75, 3.05) is 18.1 Å². The van der Waals surface area contributed by atoms with E-state index >= 15 is 0 Å². The standard InChI is InChI=1S/C17H20N2O5S2/c20-15(6-7-16(21)22)18-17-19(9-8-12-4-2-1-3-5-12)13-10-26(23,24)11-14(13)25-17/h1-5,13-14H,6-11H2,(H,21,22)/t13-,14-/m1/s1. The quantitative estimate of drug-likeness (QED) is 0.770. The van der Waals surface area contributed by atoms with Gasteiger partial charge in [-0.15, -0.1) is 0 Å². The van der Waals surface area contributed by atoms with Gasteiger partial charge in [0.05, 0.1) is 24.0 Å². The summed E-state index contributed by atoms with van der Waals surface area (Å²) in [5.41, 5.74) is 1.12. The van der Waals surface area contributed by atoms with Crippen LogP contribution in [0.4, 0.5) is 0 Å².